The predicted molar refractivity (Wildman–Crippen MR) is 127 cm³/mol. The lowest BCUT2D eigenvalue weighted by Crippen LogP contribution is -2.46. The Bertz CT molecular complexity index is 856. The van der Waals surface area contributed by atoms with Crippen LogP contribution in [0, 0.1) is 59.2 Å². The number of allylic oxidation sites excluding steroid dienone is 10. The van der Waals surface area contributed by atoms with Gasteiger partial charge in [-0.05, 0) is 65.0 Å². The Balaban J connectivity index is 1.55. The van der Waals surface area contributed by atoms with E-state index in [0.29, 0.717) is 23.7 Å². The molecule has 0 N–H and O–H groups in total. The Kier molecular flexibility index (Phi) is 4.90. The lowest BCUT2D eigenvalue weighted by atomic mass is 9.82. The average molecular weight is 401 g/mol. The maximum Gasteiger partial charge on any atom is 0.0564 e. The van der Waals surface area contributed by atoms with Crippen molar-refractivity contribution in [3.63, 3.8) is 0 Å². The third kappa shape index (κ3) is 2.86. The normalized spacial score (nSPS) is 46.2. The van der Waals surface area contributed by atoms with Gasteiger partial charge in [-0.3, -0.25) is 0 Å². The van der Waals surface area contributed by atoms with E-state index in [1.807, 2.05) is 0 Å². The zero-order chi connectivity index (χ0) is 20.2. The molecule has 5 aliphatic rings. The summed E-state index contributed by atoms with van der Waals surface area (Å²) in [4.78, 5) is 0. The van der Waals surface area contributed by atoms with Gasteiger partial charge in [0.25, 0.3) is 0 Å². The summed E-state index contributed by atoms with van der Waals surface area (Å²) in [5.41, 5.74) is 1.63. The monoisotopic (exact) mass is 400 g/mol. The van der Waals surface area contributed by atoms with Crippen LogP contribution in [0.15, 0.2) is 60.8 Å². The second-order valence-corrected chi connectivity index (χ2v) is 15.8. The standard InChI is InChI=1S/C28H36Si/c1-5-12-20-19(2)27(24-16-9-6-13-21(20)24)29(3,4)28-25-17-10-7-14-22(25)23-15-8-11-18-26(23)28/h6-10,13-17,19-28H,5,12H2,1-4H3. The predicted octanol–water partition coefficient (Wildman–Crippen LogP) is 7.04. The van der Waals surface area contributed by atoms with E-state index < -0.39 is 8.07 Å². The molecular formula is C28H36Si. The fourth-order valence-corrected chi connectivity index (χ4v) is 14.3. The molecule has 0 heterocycles. The van der Waals surface area contributed by atoms with Crippen molar-refractivity contribution >= 4 is 8.07 Å². The molecule has 0 aliphatic heterocycles. The zero-order valence-electron chi connectivity index (χ0n) is 18.5. The molecule has 0 bridgehead atoms. The molecule has 10 atom stereocenters. The molecule has 0 radical (unpaired) electrons. The first-order chi connectivity index (χ1) is 14.1. The van der Waals surface area contributed by atoms with E-state index in [-0.39, 0.29) is 0 Å². The van der Waals surface area contributed by atoms with Gasteiger partial charge >= 0.3 is 0 Å². The zero-order valence-corrected chi connectivity index (χ0v) is 19.5. The molecule has 29 heavy (non-hydrogen) atoms. The molecule has 0 aromatic rings. The maximum absolute atomic E-state index is 3.74. The first-order valence-corrected chi connectivity index (χ1v) is 15.1. The highest BCUT2D eigenvalue weighted by atomic mass is 28.3. The second kappa shape index (κ2) is 7.31. The van der Waals surface area contributed by atoms with Crippen LogP contribution < -0.4 is 0 Å². The van der Waals surface area contributed by atoms with E-state index in [2.05, 4.69) is 99.5 Å². The molecule has 2 saturated carbocycles. The minimum atomic E-state index is -1.60. The van der Waals surface area contributed by atoms with E-state index in [1.54, 1.807) is 0 Å². The van der Waals surface area contributed by atoms with E-state index >= 15 is 0 Å². The van der Waals surface area contributed by atoms with Crippen LogP contribution in [0.2, 0.25) is 24.2 Å². The fraction of sp³-hybridized carbons (Fsp3) is 0.571. The SMILES string of the molecule is CCCC1C(C)C([Si](C)(C)C2C3C#CC=CC3C3C=CC=CC32)C2C=CC=CC21. The molecule has 5 rings (SSSR count). The van der Waals surface area contributed by atoms with Crippen LogP contribution in [0.5, 0.6) is 0 Å². The summed E-state index contributed by atoms with van der Waals surface area (Å²) >= 11 is 0. The van der Waals surface area contributed by atoms with Crippen LogP contribution in [0.25, 0.3) is 0 Å². The first kappa shape index (κ1) is 19.4. The van der Waals surface area contributed by atoms with Crippen LogP contribution in [-0.2, 0) is 0 Å². The lowest BCUT2D eigenvalue weighted by Gasteiger charge is -2.45. The highest BCUT2D eigenvalue weighted by molar-refractivity contribution is 6.80. The highest BCUT2D eigenvalue weighted by Crippen LogP contribution is 2.65. The molecule has 0 saturated heterocycles. The van der Waals surface area contributed by atoms with Gasteiger partial charge in [0.2, 0.25) is 0 Å². The Morgan fingerprint density at radius 2 is 1.38 bits per heavy atom. The third-order valence-electron chi connectivity index (χ3n) is 9.25. The molecule has 0 aromatic carbocycles. The lowest BCUT2D eigenvalue weighted by molar-refractivity contribution is 0.332. The molecule has 0 spiro atoms. The van der Waals surface area contributed by atoms with Crippen LogP contribution in [0.3, 0.4) is 0 Å². The summed E-state index contributed by atoms with van der Waals surface area (Å²) in [5.74, 6) is 12.8. The molecule has 0 aromatic heterocycles. The van der Waals surface area contributed by atoms with Gasteiger partial charge in [-0.1, -0.05) is 99.9 Å². The molecule has 2 fully saturated rings. The van der Waals surface area contributed by atoms with Gasteiger partial charge in [0.1, 0.15) is 0 Å². The van der Waals surface area contributed by atoms with Crippen molar-refractivity contribution in [3.05, 3.63) is 60.8 Å². The number of fused-ring (bicyclic) bond motifs is 4. The van der Waals surface area contributed by atoms with Crippen LogP contribution in [0.1, 0.15) is 26.7 Å². The molecule has 10 unspecified atom stereocenters. The number of rotatable bonds is 4. The van der Waals surface area contributed by atoms with Crippen LogP contribution >= 0.6 is 0 Å². The number of hydrogen-bond acceptors (Lipinski definition) is 0. The molecule has 5 aliphatic carbocycles. The van der Waals surface area contributed by atoms with Crippen molar-refractivity contribution in [3.8, 4) is 11.8 Å². The first-order valence-electron chi connectivity index (χ1n) is 11.9. The van der Waals surface area contributed by atoms with E-state index in [0.717, 1.165) is 34.8 Å². The van der Waals surface area contributed by atoms with Gasteiger partial charge in [-0.2, -0.15) is 0 Å². The van der Waals surface area contributed by atoms with E-state index in [9.17, 15) is 0 Å². The van der Waals surface area contributed by atoms with Gasteiger partial charge in [0, 0.05) is 5.92 Å². The highest BCUT2D eigenvalue weighted by Gasteiger charge is 2.60. The Labute approximate surface area is 178 Å². The maximum atomic E-state index is 3.74. The second-order valence-electron chi connectivity index (χ2n) is 10.8. The third-order valence-corrected chi connectivity index (χ3v) is 14.3. The summed E-state index contributed by atoms with van der Waals surface area (Å²) in [5, 5.41) is 0. The van der Waals surface area contributed by atoms with Gasteiger partial charge in [-0.15, -0.1) is 0 Å². The summed E-state index contributed by atoms with van der Waals surface area (Å²) < 4.78 is 0. The minimum absolute atomic E-state index is 0.558. The van der Waals surface area contributed by atoms with Gasteiger partial charge < -0.3 is 0 Å². The minimum Gasteiger partial charge on any atom is -0.0945 e. The van der Waals surface area contributed by atoms with Crippen LogP contribution in [-0.4, -0.2) is 8.07 Å². The Morgan fingerprint density at radius 3 is 2.07 bits per heavy atom. The van der Waals surface area contributed by atoms with Gasteiger partial charge in [-0.25, -0.2) is 0 Å². The summed E-state index contributed by atoms with van der Waals surface area (Å²) in [7, 11) is -1.60. The molecular weight excluding hydrogens is 364 g/mol. The van der Waals surface area contributed by atoms with Crippen molar-refractivity contribution in [2.75, 3.05) is 0 Å². The molecule has 152 valence electrons. The molecule has 0 amide bonds. The van der Waals surface area contributed by atoms with Crippen molar-refractivity contribution in [2.24, 2.45) is 47.3 Å². The van der Waals surface area contributed by atoms with Crippen molar-refractivity contribution in [2.45, 2.75) is 50.9 Å². The Hall–Kier alpha value is -1.52. The summed E-state index contributed by atoms with van der Waals surface area (Å²) in [6.07, 6.45) is 26.7. The van der Waals surface area contributed by atoms with Crippen LogP contribution in [0.4, 0.5) is 0 Å². The summed E-state index contributed by atoms with van der Waals surface area (Å²) in [6, 6.07) is 0. The molecule has 0 nitrogen and oxygen atoms in total. The smallest absolute Gasteiger partial charge is 0.0564 e. The quantitative estimate of drug-likeness (QED) is 0.351. The van der Waals surface area contributed by atoms with Gasteiger partial charge in [0.05, 0.1) is 8.07 Å². The van der Waals surface area contributed by atoms with Gasteiger partial charge in [0.15, 0.2) is 0 Å². The van der Waals surface area contributed by atoms with Crippen molar-refractivity contribution < 1.29 is 0 Å². The largest absolute Gasteiger partial charge is 0.0945 e. The summed E-state index contributed by atoms with van der Waals surface area (Å²) in [6.45, 7) is 10.5. The molecule has 1 heteroatoms. The van der Waals surface area contributed by atoms with E-state index in [1.165, 1.54) is 12.8 Å². The number of hydrogen-bond donors (Lipinski definition) is 0. The topological polar surface area (TPSA) is 0 Å². The van der Waals surface area contributed by atoms with Crippen molar-refractivity contribution in [1.29, 1.82) is 0 Å². The Morgan fingerprint density at radius 1 is 0.759 bits per heavy atom. The average Bonchev–Trinajstić information content (AvgIpc) is 3.22. The van der Waals surface area contributed by atoms with E-state index in [4.69, 9.17) is 0 Å². The fourth-order valence-electron chi connectivity index (χ4n) is 8.38. The van der Waals surface area contributed by atoms with Crippen molar-refractivity contribution in [1.82, 2.24) is 0 Å².